The summed E-state index contributed by atoms with van der Waals surface area (Å²) >= 11 is 3.13. The van der Waals surface area contributed by atoms with Crippen LogP contribution in [0.25, 0.3) is 11.3 Å². The largest absolute Gasteiger partial charge is 0.345 e. The van der Waals surface area contributed by atoms with Crippen LogP contribution in [0.2, 0.25) is 0 Å². The first-order valence-electron chi connectivity index (χ1n) is 13.5. The number of hydrogen-bond acceptors (Lipinski definition) is 7. The van der Waals surface area contributed by atoms with Crippen LogP contribution >= 0.6 is 22.7 Å². The lowest BCUT2D eigenvalue weighted by atomic mass is 9.82. The molecule has 0 bridgehead atoms. The van der Waals surface area contributed by atoms with Gasteiger partial charge in [0.15, 0.2) is 0 Å². The second-order valence-electron chi connectivity index (χ2n) is 10.7. The Labute approximate surface area is 233 Å². The lowest BCUT2D eigenvalue weighted by Gasteiger charge is -2.31. The number of carbonyl (C=O) groups is 2. The predicted octanol–water partition coefficient (Wildman–Crippen LogP) is 4.85. The summed E-state index contributed by atoms with van der Waals surface area (Å²) in [6, 6.07) is 0.860. The van der Waals surface area contributed by atoms with Crippen LogP contribution in [0.4, 0.5) is 0 Å². The van der Waals surface area contributed by atoms with Crippen molar-refractivity contribution in [1.29, 1.82) is 0 Å². The summed E-state index contributed by atoms with van der Waals surface area (Å²) in [6.45, 7) is 1.45. The molecule has 2 aromatic rings. The number of nitrogens with zero attached hydrogens (tertiary/aromatic N) is 1. The fourth-order valence-electron chi connectivity index (χ4n) is 5.78. The zero-order valence-corrected chi connectivity index (χ0v) is 24.2. The van der Waals surface area contributed by atoms with Gasteiger partial charge in [0.2, 0.25) is 11.8 Å². The van der Waals surface area contributed by atoms with Gasteiger partial charge in [-0.15, -0.1) is 11.3 Å². The molecule has 2 unspecified atom stereocenters. The van der Waals surface area contributed by atoms with E-state index in [9.17, 15) is 18.0 Å². The second-order valence-corrected chi connectivity index (χ2v) is 13.5. The van der Waals surface area contributed by atoms with E-state index in [2.05, 4.69) is 15.4 Å². The predicted molar refractivity (Wildman–Crippen MR) is 150 cm³/mol. The average molecular weight is 583 g/mol. The summed E-state index contributed by atoms with van der Waals surface area (Å²) in [5.41, 5.74) is 1.93. The third-order valence-corrected chi connectivity index (χ3v) is 9.95. The molecular weight excluding hydrogens is 545 g/mol. The standard InChI is InChI=1S/C26H38N4O5S3/c1-17(31)27-22(13-18-5-3-2-4-6-18)25(32)28-23(26-29-24(16-37-26)20-11-12-36-15-20)14-19-7-9-21(10-8-19)30-38(33,34)35/h11-12,15-16,18-19,21-23,30H,2-10,13-14H2,1H3,(H,27,31)(H,28,32)(H,33,34,35). The van der Waals surface area contributed by atoms with Crippen molar-refractivity contribution in [2.24, 2.45) is 11.8 Å². The van der Waals surface area contributed by atoms with Crippen molar-refractivity contribution in [3.05, 3.63) is 27.2 Å². The Kier molecular flexibility index (Phi) is 10.3. The van der Waals surface area contributed by atoms with Gasteiger partial charge in [0.05, 0.1) is 11.7 Å². The second kappa shape index (κ2) is 13.5. The topological polar surface area (TPSA) is 137 Å². The van der Waals surface area contributed by atoms with Gasteiger partial charge < -0.3 is 10.6 Å². The van der Waals surface area contributed by atoms with Crippen molar-refractivity contribution in [1.82, 2.24) is 20.3 Å². The van der Waals surface area contributed by atoms with Crippen LogP contribution in [0.5, 0.6) is 0 Å². The van der Waals surface area contributed by atoms with Gasteiger partial charge in [0.1, 0.15) is 11.0 Å². The lowest BCUT2D eigenvalue weighted by molar-refractivity contribution is -0.129. The van der Waals surface area contributed by atoms with Crippen molar-refractivity contribution >= 4 is 44.8 Å². The molecule has 2 amide bonds. The third kappa shape index (κ3) is 8.84. The normalized spacial score (nSPS) is 22.5. The SMILES string of the molecule is CC(=O)NC(CC1CCCCC1)C(=O)NC(CC1CCC(NS(=O)(=O)O)CC1)c1nc(-c2ccsc2)cs1. The Hall–Kier alpha value is -1.86. The molecule has 4 rings (SSSR count). The zero-order chi connectivity index (χ0) is 27.1. The number of hydrogen-bond donors (Lipinski definition) is 4. The molecule has 12 heteroatoms. The van der Waals surface area contributed by atoms with E-state index >= 15 is 0 Å². The van der Waals surface area contributed by atoms with Gasteiger partial charge in [-0.2, -0.15) is 24.5 Å². The van der Waals surface area contributed by atoms with Gasteiger partial charge in [-0.1, -0.05) is 32.1 Å². The van der Waals surface area contributed by atoms with E-state index in [0.717, 1.165) is 41.9 Å². The highest BCUT2D eigenvalue weighted by Crippen LogP contribution is 2.35. The van der Waals surface area contributed by atoms with Gasteiger partial charge in [-0.3, -0.25) is 14.1 Å². The number of nitrogens with one attached hydrogen (secondary N) is 3. The number of thiophene rings is 1. The third-order valence-electron chi connectivity index (χ3n) is 7.67. The van der Waals surface area contributed by atoms with Crippen LogP contribution in [-0.4, -0.2) is 41.9 Å². The summed E-state index contributed by atoms with van der Waals surface area (Å²) in [6.07, 6.45) is 9.86. The van der Waals surface area contributed by atoms with E-state index in [4.69, 9.17) is 9.54 Å². The minimum absolute atomic E-state index is 0.176. The van der Waals surface area contributed by atoms with Gasteiger partial charge in [-0.05, 0) is 61.8 Å². The quantitative estimate of drug-likeness (QED) is 0.280. The molecule has 0 aliphatic heterocycles. The molecular formula is C26H38N4O5S3. The smallest absolute Gasteiger partial charge is 0.333 e. The van der Waals surface area contributed by atoms with Crippen LogP contribution in [0.15, 0.2) is 22.2 Å². The zero-order valence-electron chi connectivity index (χ0n) is 21.7. The van der Waals surface area contributed by atoms with Crippen LogP contribution in [-0.2, 0) is 19.9 Å². The van der Waals surface area contributed by atoms with E-state index in [1.165, 1.54) is 37.5 Å². The van der Waals surface area contributed by atoms with Crippen molar-refractivity contribution in [2.45, 2.75) is 95.7 Å². The molecule has 2 aliphatic carbocycles. The van der Waals surface area contributed by atoms with Gasteiger partial charge in [-0.25, -0.2) is 4.98 Å². The molecule has 2 fully saturated rings. The first-order chi connectivity index (χ1) is 18.2. The molecule has 38 heavy (non-hydrogen) atoms. The van der Waals surface area contributed by atoms with Crippen LogP contribution < -0.4 is 15.4 Å². The highest BCUT2D eigenvalue weighted by Gasteiger charge is 2.31. The molecule has 0 radical (unpaired) electrons. The van der Waals surface area contributed by atoms with Crippen LogP contribution in [0.3, 0.4) is 0 Å². The monoisotopic (exact) mass is 582 g/mol. The van der Waals surface area contributed by atoms with E-state index in [1.807, 2.05) is 22.2 Å². The van der Waals surface area contributed by atoms with Crippen LogP contribution in [0, 0.1) is 11.8 Å². The summed E-state index contributed by atoms with van der Waals surface area (Å²) in [5.74, 6) is 0.312. The number of aromatic nitrogens is 1. The van der Waals surface area contributed by atoms with Gasteiger partial charge in [0.25, 0.3) is 0 Å². The number of amides is 2. The maximum absolute atomic E-state index is 13.6. The van der Waals surface area contributed by atoms with Crippen molar-refractivity contribution in [2.75, 3.05) is 0 Å². The molecule has 2 heterocycles. The number of carbonyl (C=O) groups excluding carboxylic acids is 2. The number of rotatable bonds is 11. The maximum atomic E-state index is 13.6. The Morgan fingerprint density at radius 2 is 1.74 bits per heavy atom. The summed E-state index contributed by atoms with van der Waals surface area (Å²) < 4.78 is 33.8. The minimum atomic E-state index is -4.22. The molecule has 2 aliphatic rings. The molecule has 0 spiro atoms. The van der Waals surface area contributed by atoms with Gasteiger partial charge in [0, 0.05) is 29.3 Å². The highest BCUT2D eigenvalue weighted by molar-refractivity contribution is 7.83. The van der Waals surface area contributed by atoms with Crippen molar-refractivity contribution in [3.63, 3.8) is 0 Å². The molecule has 2 saturated carbocycles. The minimum Gasteiger partial charge on any atom is -0.345 e. The first-order valence-corrected chi connectivity index (χ1v) is 16.7. The molecule has 9 nitrogen and oxygen atoms in total. The highest BCUT2D eigenvalue weighted by atomic mass is 32.2. The first kappa shape index (κ1) is 29.1. The lowest BCUT2D eigenvalue weighted by Crippen LogP contribution is -2.48. The van der Waals surface area contributed by atoms with Crippen LogP contribution in [0.1, 0.15) is 88.6 Å². The molecule has 210 valence electrons. The average Bonchev–Trinajstić information content (AvgIpc) is 3.56. The summed E-state index contributed by atoms with van der Waals surface area (Å²) in [7, 11) is -4.22. The number of thiazole rings is 1. The summed E-state index contributed by atoms with van der Waals surface area (Å²) in [4.78, 5) is 30.4. The molecule has 2 atom stereocenters. The van der Waals surface area contributed by atoms with E-state index in [-0.39, 0.29) is 29.8 Å². The van der Waals surface area contributed by atoms with Crippen molar-refractivity contribution < 1.29 is 22.6 Å². The molecule has 0 saturated heterocycles. The Bertz CT molecular complexity index is 1150. The summed E-state index contributed by atoms with van der Waals surface area (Å²) in [5, 5.41) is 13.0. The fraction of sp³-hybridized carbons (Fsp3) is 0.654. The molecule has 0 aromatic carbocycles. The Balaban J connectivity index is 1.47. The van der Waals surface area contributed by atoms with Gasteiger partial charge >= 0.3 is 10.3 Å². The fourth-order valence-corrected chi connectivity index (χ4v) is 7.98. The Morgan fingerprint density at radius 3 is 2.37 bits per heavy atom. The molecule has 2 aromatic heterocycles. The van der Waals surface area contributed by atoms with E-state index in [0.29, 0.717) is 31.6 Å². The van der Waals surface area contributed by atoms with Crippen molar-refractivity contribution in [3.8, 4) is 11.3 Å². The molecule has 4 N–H and O–H groups in total. The Morgan fingerprint density at radius 1 is 1.03 bits per heavy atom. The van der Waals surface area contributed by atoms with E-state index < -0.39 is 16.3 Å². The van der Waals surface area contributed by atoms with E-state index in [1.54, 1.807) is 11.3 Å². The maximum Gasteiger partial charge on any atom is 0.333 e.